The molecule has 1 aromatic heterocycles. The highest BCUT2D eigenvalue weighted by Crippen LogP contribution is 2.09. The average Bonchev–Trinajstić information content (AvgIpc) is 2.82. The minimum Gasteiger partial charge on any atom is -0.385 e. The van der Waals surface area contributed by atoms with Gasteiger partial charge in [-0.1, -0.05) is 11.2 Å². The zero-order valence-electron chi connectivity index (χ0n) is 8.55. The number of rotatable bonds is 4. The minimum absolute atomic E-state index is 0.643. The predicted molar refractivity (Wildman–Crippen MR) is 57.6 cm³/mol. The largest absolute Gasteiger partial charge is 0.385 e. The average molecular weight is 214 g/mol. The number of aromatic nitrogens is 2. The first-order valence-corrected chi connectivity index (χ1v) is 4.88. The molecule has 0 spiro atoms. The van der Waals surface area contributed by atoms with Gasteiger partial charge in [0.15, 0.2) is 5.82 Å². The summed E-state index contributed by atoms with van der Waals surface area (Å²) in [6.45, 7) is 0.703. The molecule has 0 bridgehead atoms. The molecule has 0 fully saturated rings. The van der Waals surface area contributed by atoms with Crippen LogP contribution in [0.2, 0.25) is 0 Å². The summed E-state index contributed by atoms with van der Waals surface area (Å²) >= 11 is 0. The summed E-state index contributed by atoms with van der Waals surface area (Å²) in [6.07, 6.45) is 2.00. The second-order valence-electron chi connectivity index (χ2n) is 3.22. The van der Waals surface area contributed by atoms with Crippen molar-refractivity contribution in [3.05, 3.63) is 42.0 Å². The van der Waals surface area contributed by atoms with Crippen molar-refractivity contribution in [2.24, 2.45) is 0 Å². The minimum atomic E-state index is 0.643. The van der Waals surface area contributed by atoms with Crippen LogP contribution in [0.3, 0.4) is 0 Å². The summed E-state index contributed by atoms with van der Waals surface area (Å²) in [7, 11) is 0. The molecule has 16 heavy (non-hydrogen) atoms. The van der Waals surface area contributed by atoms with Gasteiger partial charge < -0.3 is 9.84 Å². The molecular weight excluding hydrogens is 204 g/mol. The van der Waals surface area contributed by atoms with Crippen LogP contribution < -0.4 is 5.32 Å². The van der Waals surface area contributed by atoms with Crippen molar-refractivity contribution in [2.75, 3.05) is 11.9 Å². The lowest BCUT2D eigenvalue weighted by atomic mass is 10.2. The molecule has 0 radical (unpaired) electrons. The van der Waals surface area contributed by atoms with Gasteiger partial charge in [0, 0.05) is 18.7 Å². The highest BCUT2D eigenvalue weighted by atomic mass is 16.5. The van der Waals surface area contributed by atoms with Crippen molar-refractivity contribution < 1.29 is 4.52 Å². The van der Waals surface area contributed by atoms with Gasteiger partial charge in [-0.25, -0.2) is 0 Å². The molecule has 1 aromatic carbocycles. The summed E-state index contributed by atoms with van der Waals surface area (Å²) in [5.41, 5.74) is 1.56. The number of anilines is 1. The lowest BCUT2D eigenvalue weighted by Gasteiger charge is -2.04. The fourth-order valence-corrected chi connectivity index (χ4v) is 1.32. The molecule has 0 atom stereocenters. The van der Waals surface area contributed by atoms with Gasteiger partial charge >= 0.3 is 0 Å². The summed E-state index contributed by atoms with van der Waals surface area (Å²) in [4.78, 5) is 3.91. The Labute approximate surface area is 92.7 Å². The highest BCUT2D eigenvalue weighted by Gasteiger charge is 1.98. The first-order valence-electron chi connectivity index (χ1n) is 4.88. The Morgan fingerprint density at radius 3 is 3.12 bits per heavy atom. The molecule has 0 saturated carbocycles. The molecule has 0 unspecified atom stereocenters. The van der Waals surface area contributed by atoms with E-state index >= 15 is 0 Å². The third kappa shape index (κ3) is 2.58. The van der Waals surface area contributed by atoms with Gasteiger partial charge in [-0.3, -0.25) is 0 Å². The molecule has 0 aliphatic rings. The van der Waals surface area contributed by atoms with Crippen LogP contribution in [0.5, 0.6) is 0 Å². The van der Waals surface area contributed by atoms with Crippen LogP contribution in [0, 0.1) is 11.3 Å². The van der Waals surface area contributed by atoms with Crippen LogP contribution in [0.25, 0.3) is 0 Å². The molecule has 0 saturated heterocycles. The zero-order chi connectivity index (χ0) is 11.2. The zero-order valence-corrected chi connectivity index (χ0v) is 8.55. The van der Waals surface area contributed by atoms with Crippen LogP contribution in [0.1, 0.15) is 11.4 Å². The van der Waals surface area contributed by atoms with Gasteiger partial charge in [-0.05, 0) is 18.2 Å². The van der Waals surface area contributed by atoms with E-state index in [-0.39, 0.29) is 0 Å². The number of hydrogen-bond acceptors (Lipinski definition) is 5. The molecule has 0 aliphatic heterocycles. The molecular formula is C11H10N4O. The summed E-state index contributed by atoms with van der Waals surface area (Å²) in [6, 6.07) is 9.42. The van der Waals surface area contributed by atoms with E-state index in [1.54, 1.807) is 12.1 Å². The van der Waals surface area contributed by atoms with E-state index in [9.17, 15) is 0 Å². The number of nitrogens with one attached hydrogen (secondary N) is 1. The smallest absolute Gasteiger partial charge is 0.213 e. The van der Waals surface area contributed by atoms with Gasteiger partial charge in [0.05, 0.1) is 11.6 Å². The van der Waals surface area contributed by atoms with Crippen LogP contribution in [0.4, 0.5) is 5.69 Å². The maximum Gasteiger partial charge on any atom is 0.213 e. The molecule has 1 N–H and O–H groups in total. The van der Waals surface area contributed by atoms with Crippen molar-refractivity contribution in [3.63, 3.8) is 0 Å². The van der Waals surface area contributed by atoms with Crippen LogP contribution >= 0.6 is 0 Å². The molecule has 0 amide bonds. The van der Waals surface area contributed by atoms with E-state index in [0.717, 1.165) is 5.69 Å². The molecule has 5 nitrogen and oxygen atoms in total. The van der Waals surface area contributed by atoms with Crippen LogP contribution in [-0.4, -0.2) is 16.7 Å². The monoisotopic (exact) mass is 214 g/mol. The van der Waals surface area contributed by atoms with Gasteiger partial charge in [-0.2, -0.15) is 10.2 Å². The lowest BCUT2D eigenvalue weighted by Crippen LogP contribution is -2.05. The Morgan fingerprint density at radius 1 is 1.44 bits per heavy atom. The number of nitrogens with zero attached hydrogens (tertiary/aromatic N) is 3. The van der Waals surface area contributed by atoms with E-state index < -0.39 is 0 Å². The SMILES string of the molecule is N#Cc1cccc(NCCc2ncon2)c1. The van der Waals surface area contributed by atoms with E-state index in [1.807, 2.05) is 12.1 Å². The fraction of sp³-hybridized carbons (Fsp3) is 0.182. The Kier molecular flexibility index (Phi) is 3.14. The molecule has 80 valence electrons. The van der Waals surface area contributed by atoms with Crippen LogP contribution in [-0.2, 0) is 6.42 Å². The third-order valence-electron chi connectivity index (χ3n) is 2.08. The van der Waals surface area contributed by atoms with E-state index in [1.165, 1.54) is 6.39 Å². The number of nitriles is 1. The van der Waals surface area contributed by atoms with E-state index in [0.29, 0.717) is 24.4 Å². The van der Waals surface area contributed by atoms with Crippen molar-refractivity contribution in [2.45, 2.75) is 6.42 Å². The number of hydrogen-bond donors (Lipinski definition) is 1. The summed E-state index contributed by atoms with van der Waals surface area (Å²) in [5.74, 6) is 0.670. The van der Waals surface area contributed by atoms with Gasteiger partial charge in [0.2, 0.25) is 6.39 Å². The maximum atomic E-state index is 8.73. The predicted octanol–water partition coefficient (Wildman–Crippen LogP) is 1.60. The fourth-order valence-electron chi connectivity index (χ4n) is 1.32. The van der Waals surface area contributed by atoms with Crippen molar-refractivity contribution >= 4 is 5.69 Å². The van der Waals surface area contributed by atoms with E-state index in [2.05, 4.69) is 26.0 Å². The van der Waals surface area contributed by atoms with Gasteiger partial charge in [-0.15, -0.1) is 0 Å². The first-order chi connectivity index (χ1) is 7.88. The highest BCUT2D eigenvalue weighted by molar-refractivity contribution is 5.49. The third-order valence-corrected chi connectivity index (χ3v) is 2.08. The molecule has 2 aromatic rings. The Morgan fingerprint density at radius 2 is 2.38 bits per heavy atom. The van der Waals surface area contributed by atoms with Gasteiger partial charge in [0.25, 0.3) is 0 Å². The summed E-state index contributed by atoms with van der Waals surface area (Å²) < 4.78 is 4.62. The van der Waals surface area contributed by atoms with E-state index in [4.69, 9.17) is 5.26 Å². The van der Waals surface area contributed by atoms with Crippen molar-refractivity contribution in [1.82, 2.24) is 10.1 Å². The van der Waals surface area contributed by atoms with Crippen molar-refractivity contribution in [3.8, 4) is 6.07 Å². The summed E-state index contributed by atoms with van der Waals surface area (Å²) in [5, 5.41) is 15.6. The quantitative estimate of drug-likeness (QED) is 0.836. The second-order valence-corrected chi connectivity index (χ2v) is 3.22. The Hall–Kier alpha value is -2.35. The lowest BCUT2D eigenvalue weighted by molar-refractivity contribution is 0.410. The Bertz CT molecular complexity index is 487. The molecule has 1 heterocycles. The van der Waals surface area contributed by atoms with Gasteiger partial charge in [0.1, 0.15) is 0 Å². The van der Waals surface area contributed by atoms with Crippen LogP contribution in [0.15, 0.2) is 35.2 Å². The topological polar surface area (TPSA) is 74.7 Å². The standard InChI is InChI=1S/C11H10N4O/c12-7-9-2-1-3-10(6-9)13-5-4-11-14-8-16-15-11/h1-3,6,8,13H,4-5H2. The van der Waals surface area contributed by atoms with Crippen molar-refractivity contribution in [1.29, 1.82) is 5.26 Å². The molecule has 2 rings (SSSR count). The number of benzene rings is 1. The maximum absolute atomic E-state index is 8.73. The Balaban J connectivity index is 1.88. The molecule has 5 heteroatoms. The second kappa shape index (κ2) is 4.94. The first kappa shape index (κ1) is 10.2. The molecule has 0 aliphatic carbocycles. The normalized spacial score (nSPS) is 9.69.